The Hall–Kier alpha value is -2.14. The number of nitrogens with zero attached hydrogens (tertiary/aromatic N) is 4. The first-order valence-electron chi connectivity index (χ1n) is 11.3. The van der Waals surface area contributed by atoms with Gasteiger partial charge in [-0.15, -0.1) is 0 Å². The highest BCUT2D eigenvalue weighted by Crippen LogP contribution is 2.24. The summed E-state index contributed by atoms with van der Waals surface area (Å²) >= 11 is 0. The molecule has 1 amide bonds. The van der Waals surface area contributed by atoms with Crippen LogP contribution in [0.2, 0.25) is 0 Å². The molecule has 11 heteroatoms. The molecular formula is C22H33F3N4O3S. The number of hydrogen-bond acceptors (Lipinski definition) is 4. The number of rotatable bonds is 12. The van der Waals surface area contributed by atoms with E-state index in [1.54, 1.807) is 19.9 Å². The molecule has 0 aliphatic carbocycles. The highest BCUT2D eigenvalue weighted by Gasteiger charge is 2.32. The minimum absolute atomic E-state index is 0.0611. The van der Waals surface area contributed by atoms with Crippen molar-refractivity contribution in [2.45, 2.75) is 71.0 Å². The topological polar surface area (TPSA) is 75.5 Å². The third kappa shape index (κ3) is 6.69. The predicted molar refractivity (Wildman–Crippen MR) is 121 cm³/mol. The smallest absolute Gasteiger partial charge is 0.334 e. The number of imidazole rings is 1. The number of hydrogen-bond donors (Lipinski definition) is 0. The van der Waals surface area contributed by atoms with E-state index in [0.29, 0.717) is 43.8 Å². The number of fused-ring (bicyclic) bond motifs is 1. The van der Waals surface area contributed by atoms with Crippen molar-refractivity contribution in [2.24, 2.45) is 0 Å². The Labute approximate surface area is 193 Å². The van der Waals surface area contributed by atoms with E-state index in [2.05, 4.69) is 4.98 Å². The van der Waals surface area contributed by atoms with Crippen molar-refractivity contribution in [3.63, 3.8) is 0 Å². The predicted octanol–water partition coefficient (Wildman–Crippen LogP) is 4.21. The fourth-order valence-corrected chi connectivity index (χ4v) is 5.29. The molecule has 0 aliphatic rings. The van der Waals surface area contributed by atoms with Crippen LogP contribution in [0, 0.1) is 0 Å². The van der Waals surface area contributed by atoms with Crippen LogP contribution < -0.4 is 0 Å². The first-order chi connectivity index (χ1) is 15.5. The van der Waals surface area contributed by atoms with Crippen molar-refractivity contribution in [3.8, 4) is 0 Å². The molecule has 0 unspecified atom stereocenters. The van der Waals surface area contributed by atoms with Gasteiger partial charge in [-0.25, -0.2) is 13.4 Å². The van der Waals surface area contributed by atoms with Crippen LogP contribution in [0.4, 0.5) is 13.2 Å². The first kappa shape index (κ1) is 27.1. The number of unbranched alkanes of at least 4 members (excludes halogenated alkanes) is 1. The lowest BCUT2D eigenvalue weighted by Gasteiger charge is -2.24. The van der Waals surface area contributed by atoms with Crippen LogP contribution in [0.1, 0.15) is 52.8 Å². The second-order valence-electron chi connectivity index (χ2n) is 7.80. The molecule has 1 heterocycles. The Balaban J connectivity index is 2.29. The van der Waals surface area contributed by atoms with Gasteiger partial charge in [-0.2, -0.15) is 17.5 Å². The maximum atomic E-state index is 12.9. The van der Waals surface area contributed by atoms with Crippen LogP contribution in [0.15, 0.2) is 23.1 Å². The average Bonchev–Trinajstić information content (AvgIpc) is 3.11. The van der Waals surface area contributed by atoms with Gasteiger partial charge in [-0.1, -0.05) is 27.2 Å². The van der Waals surface area contributed by atoms with Gasteiger partial charge in [0.25, 0.3) is 0 Å². The Bertz CT molecular complexity index is 1050. The molecule has 2 rings (SSSR count). The highest BCUT2D eigenvalue weighted by molar-refractivity contribution is 7.89. The fourth-order valence-electron chi connectivity index (χ4n) is 3.81. The molecular weight excluding hydrogens is 457 g/mol. The summed E-state index contributed by atoms with van der Waals surface area (Å²) in [6, 6.07) is 4.73. The van der Waals surface area contributed by atoms with Gasteiger partial charge in [-0.3, -0.25) is 4.79 Å². The summed E-state index contributed by atoms with van der Waals surface area (Å²) in [5.74, 6) is -0.0269. The second kappa shape index (κ2) is 11.3. The standard InChI is InChI=1S/C22H33F3N4O3S/c1-5-9-14-27(16-22(23,24)25)21(30)13-12-20-26-18-15-17(10-11-19(18)29(20)8-4)33(31,32)28(6-2)7-3/h10-11,15H,5-9,12-14,16H2,1-4H3. The van der Waals surface area contributed by atoms with E-state index >= 15 is 0 Å². The normalized spacial score (nSPS) is 12.6. The average molecular weight is 491 g/mol. The molecule has 0 radical (unpaired) electrons. The van der Waals surface area contributed by atoms with E-state index in [1.807, 2.05) is 18.4 Å². The maximum absolute atomic E-state index is 12.9. The lowest BCUT2D eigenvalue weighted by molar-refractivity contribution is -0.161. The number of carbonyl (C=O) groups excluding carboxylic acids is 1. The molecule has 7 nitrogen and oxygen atoms in total. The van der Waals surface area contributed by atoms with Crippen LogP contribution >= 0.6 is 0 Å². The summed E-state index contributed by atoms with van der Waals surface area (Å²) in [5.41, 5.74) is 1.20. The number of alkyl halides is 3. The number of benzene rings is 1. The summed E-state index contributed by atoms with van der Waals surface area (Å²) < 4.78 is 67.6. The molecule has 0 spiro atoms. The monoisotopic (exact) mass is 490 g/mol. The maximum Gasteiger partial charge on any atom is 0.406 e. The van der Waals surface area contributed by atoms with Gasteiger partial charge in [0, 0.05) is 39.0 Å². The largest absolute Gasteiger partial charge is 0.406 e. The molecule has 0 N–H and O–H groups in total. The summed E-state index contributed by atoms with van der Waals surface area (Å²) in [7, 11) is -3.65. The van der Waals surface area contributed by atoms with Crippen molar-refractivity contribution in [2.75, 3.05) is 26.2 Å². The van der Waals surface area contributed by atoms with Gasteiger partial charge in [-0.05, 0) is 31.5 Å². The lowest BCUT2D eigenvalue weighted by atomic mass is 10.2. The van der Waals surface area contributed by atoms with Crippen LogP contribution in [-0.4, -0.2) is 65.4 Å². The molecule has 0 atom stereocenters. The summed E-state index contributed by atoms with van der Waals surface area (Å²) in [6.07, 6.45) is -3.20. The second-order valence-corrected chi connectivity index (χ2v) is 9.73. The minimum atomic E-state index is -4.45. The first-order valence-corrected chi connectivity index (χ1v) is 12.8. The van der Waals surface area contributed by atoms with Crippen LogP contribution in [-0.2, 0) is 27.8 Å². The van der Waals surface area contributed by atoms with Crippen molar-refractivity contribution < 1.29 is 26.4 Å². The number of aromatic nitrogens is 2. The zero-order valence-electron chi connectivity index (χ0n) is 19.7. The molecule has 186 valence electrons. The molecule has 1 aromatic carbocycles. The summed E-state index contributed by atoms with van der Waals surface area (Å²) in [6.45, 7) is 7.31. The highest BCUT2D eigenvalue weighted by atomic mass is 32.2. The molecule has 0 bridgehead atoms. The fraction of sp³-hybridized carbons (Fsp3) is 0.636. The molecule has 0 aliphatic heterocycles. The van der Waals surface area contributed by atoms with Crippen LogP contribution in [0.25, 0.3) is 11.0 Å². The Morgan fingerprint density at radius 1 is 1.12 bits per heavy atom. The van der Waals surface area contributed by atoms with E-state index in [1.165, 1.54) is 16.4 Å². The quantitative estimate of drug-likeness (QED) is 0.447. The number of amides is 1. The summed E-state index contributed by atoms with van der Waals surface area (Å²) in [5, 5.41) is 0. The Morgan fingerprint density at radius 3 is 2.33 bits per heavy atom. The van der Waals surface area contributed by atoms with Gasteiger partial charge in [0.1, 0.15) is 12.4 Å². The van der Waals surface area contributed by atoms with Crippen molar-refractivity contribution in [1.82, 2.24) is 18.8 Å². The molecule has 0 saturated heterocycles. The number of carbonyl (C=O) groups is 1. The van der Waals surface area contributed by atoms with E-state index in [4.69, 9.17) is 0 Å². The van der Waals surface area contributed by atoms with E-state index in [0.717, 1.165) is 10.4 Å². The zero-order valence-corrected chi connectivity index (χ0v) is 20.5. The SMILES string of the molecule is CCCCN(CC(F)(F)F)C(=O)CCc1nc2cc(S(=O)(=O)N(CC)CC)ccc2n1CC. The molecule has 2 aromatic rings. The van der Waals surface area contributed by atoms with Crippen LogP contribution in [0.3, 0.4) is 0 Å². The van der Waals surface area contributed by atoms with Crippen LogP contribution in [0.5, 0.6) is 0 Å². The third-order valence-electron chi connectivity index (χ3n) is 5.53. The third-order valence-corrected chi connectivity index (χ3v) is 7.57. The number of sulfonamides is 1. The van der Waals surface area contributed by atoms with Crippen molar-refractivity contribution in [1.29, 1.82) is 0 Å². The van der Waals surface area contributed by atoms with Crippen molar-refractivity contribution in [3.05, 3.63) is 24.0 Å². The van der Waals surface area contributed by atoms with Gasteiger partial charge in [0.2, 0.25) is 15.9 Å². The van der Waals surface area contributed by atoms with E-state index in [-0.39, 0.29) is 24.3 Å². The Morgan fingerprint density at radius 2 is 1.79 bits per heavy atom. The molecule has 33 heavy (non-hydrogen) atoms. The number of halogens is 3. The van der Waals surface area contributed by atoms with Gasteiger partial charge in [0.05, 0.1) is 15.9 Å². The zero-order chi connectivity index (χ0) is 24.8. The molecule has 0 fully saturated rings. The van der Waals surface area contributed by atoms with E-state index in [9.17, 15) is 26.4 Å². The molecule has 1 aromatic heterocycles. The van der Waals surface area contributed by atoms with Gasteiger partial charge < -0.3 is 9.47 Å². The Kier molecular flexibility index (Phi) is 9.30. The van der Waals surface area contributed by atoms with Crippen molar-refractivity contribution >= 4 is 27.0 Å². The molecule has 0 saturated carbocycles. The lowest BCUT2D eigenvalue weighted by Crippen LogP contribution is -2.39. The van der Waals surface area contributed by atoms with Gasteiger partial charge >= 0.3 is 6.18 Å². The van der Waals surface area contributed by atoms with E-state index < -0.39 is 28.7 Å². The summed E-state index contributed by atoms with van der Waals surface area (Å²) in [4.78, 5) is 18.1. The number of aryl methyl sites for hydroxylation is 2. The minimum Gasteiger partial charge on any atom is -0.334 e. The van der Waals surface area contributed by atoms with Gasteiger partial charge in [0.15, 0.2) is 0 Å².